The summed E-state index contributed by atoms with van der Waals surface area (Å²) < 4.78 is 5.78. The van der Waals surface area contributed by atoms with Crippen LogP contribution in [0.15, 0.2) is 36.9 Å². The molecule has 0 heterocycles. The molecule has 2 N–H and O–H groups in total. The molecular weight excluding hydrogens is 306 g/mol. The van der Waals surface area contributed by atoms with E-state index in [9.17, 15) is 0 Å². The van der Waals surface area contributed by atoms with Gasteiger partial charge in [-0.15, -0.1) is 6.58 Å². The van der Waals surface area contributed by atoms with Gasteiger partial charge in [-0.1, -0.05) is 59.3 Å². The fraction of sp³-hybridized carbons (Fsp3) is 0.565. The maximum absolute atomic E-state index is 5.78. The zero-order valence-electron chi connectivity index (χ0n) is 17.5. The summed E-state index contributed by atoms with van der Waals surface area (Å²) in [6.07, 6.45) is 9.33. The third-order valence-corrected chi connectivity index (χ3v) is 3.34. The number of allylic oxidation sites excluding steroid dienone is 3. The van der Waals surface area contributed by atoms with Gasteiger partial charge >= 0.3 is 0 Å². The quantitative estimate of drug-likeness (QED) is 0.394. The third kappa shape index (κ3) is 12.5. The highest BCUT2D eigenvalue weighted by Gasteiger charge is 2.05. The van der Waals surface area contributed by atoms with Gasteiger partial charge in [0.1, 0.15) is 5.75 Å². The number of benzene rings is 1. The number of rotatable bonds is 9. The van der Waals surface area contributed by atoms with Crippen molar-refractivity contribution in [1.82, 2.24) is 0 Å². The van der Waals surface area contributed by atoms with Gasteiger partial charge in [-0.3, -0.25) is 0 Å². The Morgan fingerprint density at radius 3 is 2.32 bits per heavy atom. The smallest absolute Gasteiger partial charge is 0.119 e. The van der Waals surface area contributed by atoms with E-state index >= 15 is 0 Å². The van der Waals surface area contributed by atoms with Crippen molar-refractivity contribution in [2.24, 2.45) is 5.73 Å². The monoisotopic (exact) mass is 347 g/mol. The van der Waals surface area contributed by atoms with E-state index < -0.39 is 0 Å². The summed E-state index contributed by atoms with van der Waals surface area (Å²) in [5.74, 6) is 0.958. The Morgan fingerprint density at radius 1 is 1.16 bits per heavy atom. The van der Waals surface area contributed by atoms with E-state index in [1.54, 1.807) is 0 Å². The van der Waals surface area contributed by atoms with Gasteiger partial charge in [0.2, 0.25) is 0 Å². The summed E-state index contributed by atoms with van der Waals surface area (Å²) in [7, 11) is 0. The minimum Gasteiger partial charge on any atom is -0.494 e. The van der Waals surface area contributed by atoms with Gasteiger partial charge in [0.15, 0.2) is 0 Å². The van der Waals surface area contributed by atoms with Gasteiger partial charge < -0.3 is 10.5 Å². The van der Waals surface area contributed by atoms with Crippen LogP contribution in [-0.4, -0.2) is 13.2 Å². The number of ether oxygens (including phenoxy) is 1. The Morgan fingerprint density at radius 2 is 1.80 bits per heavy atom. The fourth-order valence-corrected chi connectivity index (χ4v) is 2.14. The third-order valence-electron chi connectivity index (χ3n) is 3.34. The van der Waals surface area contributed by atoms with Crippen LogP contribution in [0.2, 0.25) is 0 Å². The molecule has 0 aliphatic rings. The van der Waals surface area contributed by atoms with Crippen molar-refractivity contribution in [1.29, 1.82) is 0 Å². The number of nitrogens with two attached hydrogens (primary N) is 1. The zero-order valence-corrected chi connectivity index (χ0v) is 17.5. The van der Waals surface area contributed by atoms with Crippen LogP contribution in [0.3, 0.4) is 0 Å². The van der Waals surface area contributed by atoms with Crippen LogP contribution in [0, 0.1) is 0 Å². The topological polar surface area (TPSA) is 35.2 Å². The standard InChI is InChI=1S/C18H27NO.C3H8.C2H6/c1-4-6-9-15(3)18-11-10-17(14-16(18)5-2)20-13-8-7-12-19;1-3-2;1-2/h4,9-11,14H,1,5-8,12-13,19H2,2-3H3;3H2,1-2H3;1-2H3/b15-9+;;. The Balaban J connectivity index is 0. The maximum Gasteiger partial charge on any atom is 0.119 e. The Hall–Kier alpha value is -1.54. The Labute approximate surface area is 157 Å². The molecule has 0 radical (unpaired) electrons. The average molecular weight is 348 g/mol. The first kappa shape index (κ1) is 25.7. The molecule has 0 atom stereocenters. The molecule has 1 rings (SSSR count). The predicted molar refractivity (Wildman–Crippen MR) is 115 cm³/mol. The lowest BCUT2D eigenvalue weighted by Crippen LogP contribution is -2.03. The van der Waals surface area contributed by atoms with E-state index in [0.29, 0.717) is 0 Å². The first-order valence-electron chi connectivity index (χ1n) is 9.88. The van der Waals surface area contributed by atoms with Gasteiger partial charge in [-0.05, 0) is 68.0 Å². The summed E-state index contributed by atoms with van der Waals surface area (Å²) in [5, 5.41) is 0. The van der Waals surface area contributed by atoms with Crippen molar-refractivity contribution in [2.75, 3.05) is 13.2 Å². The Bertz CT molecular complexity index is 463. The summed E-state index contributed by atoms with van der Waals surface area (Å²) >= 11 is 0. The van der Waals surface area contributed by atoms with Gasteiger partial charge in [0.05, 0.1) is 6.61 Å². The van der Waals surface area contributed by atoms with Gasteiger partial charge in [-0.25, -0.2) is 0 Å². The molecule has 0 saturated heterocycles. The molecule has 0 aliphatic heterocycles. The second kappa shape index (κ2) is 18.8. The van der Waals surface area contributed by atoms with Gasteiger partial charge in [0.25, 0.3) is 0 Å². The molecule has 0 saturated carbocycles. The van der Waals surface area contributed by atoms with Crippen molar-refractivity contribution >= 4 is 5.57 Å². The van der Waals surface area contributed by atoms with Crippen LogP contribution in [0.5, 0.6) is 5.75 Å². The highest BCUT2D eigenvalue weighted by molar-refractivity contribution is 5.67. The number of hydrogen-bond donors (Lipinski definition) is 1. The van der Waals surface area contributed by atoms with Gasteiger partial charge in [0, 0.05) is 0 Å². The lowest BCUT2D eigenvalue weighted by molar-refractivity contribution is 0.307. The molecular formula is C23H41NO. The van der Waals surface area contributed by atoms with Crippen LogP contribution in [-0.2, 0) is 6.42 Å². The van der Waals surface area contributed by atoms with E-state index in [0.717, 1.165) is 44.6 Å². The molecule has 0 unspecified atom stereocenters. The molecule has 0 amide bonds. The molecule has 1 aromatic rings. The van der Waals surface area contributed by atoms with E-state index in [1.807, 2.05) is 19.9 Å². The molecule has 1 aromatic carbocycles. The van der Waals surface area contributed by atoms with Crippen molar-refractivity contribution in [3.8, 4) is 5.75 Å². The van der Waals surface area contributed by atoms with E-state index in [2.05, 4.69) is 58.5 Å². The number of unbranched alkanes of at least 4 members (excludes halogenated alkanes) is 1. The Kier molecular flexibility index (Phi) is 19.3. The minimum absolute atomic E-state index is 0.732. The van der Waals surface area contributed by atoms with Gasteiger partial charge in [-0.2, -0.15) is 0 Å². The molecule has 0 spiro atoms. The van der Waals surface area contributed by atoms with Crippen LogP contribution in [0.4, 0.5) is 0 Å². The molecule has 0 fully saturated rings. The normalized spacial score (nSPS) is 10.1. The first-order chi connectivity index (χ1) is 12.1. The zero-order chi connectivity index (χ0) is 19.5. The molecule has 2 nitrogen and oxygen atoms in total. The summed E-state index contributed by atoms with van der Waals surface area (Å²) in [6, 6.07) is 6.37. The summed E-state index contributed by atoms with van der Waals surface area (Å²) in [6.45, 7) is 17.8. The van der Waals surface area contributed by atoms with Crippen molar-refractivity contribution in [3.05, 3.63) is 48.1 Å². The SMILES string of the molecule is C=CC/C=C(\C)c1ccc(OCCCCN)cc1CC.CC.CCC. The molecule has 0 aromatic heterocycles. The molecule has 2 heteroatoms. The maximum atomic E-state index is 5.78. The second-order valence-corrected chi connectivity index (χ2v) is 5.64. The highest BCUT2D eigenvalue weighted by atomic mass is 16.5. The van der Waals surface area contributed by atoms with Crippen LogP contribution in [0.1, 0.15) is 78.4 Å². The second-order valence-electron chi connectivity index (χ2n) is 5.64. The largest absolute Gasteiger partial charge is 0.494 e. The number of hydrogen-bond acceptors (Lipinski definition) is 2. The predicted octanol–water partition coefficient (Wildman–Crippen LogP) is 6.79. The first-order valence-corrected chi connectivity index (χ1v) is 9.88. The lowest BCUT2D eigenvalue weighted by atomic mass is 9.98. The molecule has 144 valence electrons. The van der Waals surface area contributed by atoms with Crippen LogP contribution >= 0.6 is 0 Å². The summed E-state index contributed by atoms with van der Waals surface area (Å²) in [4.78, 5) is 0. The average Bonchev–Trinajstić information content (AvgIpc) is 2.65. The summed E-state index contributed by atoms with van der Waals surface area (Å²) in [5.41, 5.74) is 9.42. The molecule has 25 heavy (non-hydrogen) atoms. The van der Waals surface area contributed by atoms with E-state index in [1.165, 1.54) is 23.1 Å². The fourth-order valence-electron chi connectivity index (χ4n) is 2.14. The molecule has 0 bridgehead atoms. The molecule has 0 aliphatic carbocycles. The van der Waals surface area contributed by atoms with E-state index in [-0.39, 0.29) is 0 Å². The van der Waals surface area contributed by atoms with E-state index in [4.69, 9.17) is 10.5 Å². The van der Waals surface area contributed by atoms with Crippen molar-refractivity contribution in [3.63, 3.8) is 0 Å². The lowest BCUT2D eigenvalue weighted by Gasteiger charge is -2.12. The highest BCUT2D eigenvalue weighted by Crippen LogP contribution is 2.25. The van der Waals surface area contributed by atoms with Crippen LogP contribution in [0.25, 0.3) is 5.57 Å². The minimum atomic E-state index is 0.732. The number of aryl methyl sites for hydroxylation is 1. The van der Waals surface area contributed by atoms with Crippen molar-refractivity contribution < 1.29 is 4.74 Å². The van der Waals surface area contributed by atoms with Crippen LogP contribution < -0.4 is 10.5 Å². The van der Waals surface area contributed by atoms with Crippen molar-refractivity contribution in [2.45, 2.75) is 73.6 Å².